The Morgan fingerprint density at radius 2 is 1.95 bits per heavy atom. The summed E-state index contributed by atoms with van der Waals surface area (Å²) in [5, 5.41) is 9.23. The Kier molecular flexibility index (Phi) is 4.70. The van der Waals surface area contributed by atoms with E-state index in [2.05, 4.69) is 17.6 Å². The van der Waals surface area contributed by atoms with Crippen molar-refractivity contribution in [3.8, 4) is 0 Å². The monoisotopic (exact) mass is 321 g/mol. The molecule has 1 aliphatic rings. The third-order valence-corrected chi connectivity index (χ3v) is 4.49. The SMILES string of the molecule is CC1(C)OB(C(=Cc2ncccc2C(=O)O)CS)OC1(C)C. The van der Waals surface area contributed by atoms with Crippen LogP contribution in [0.1, 0.15) is 43.7 Å². The summed E-state index contributed by atoms with van der Waals surface area (Å²) in [7, 11) is -0.564. The van der Waals surface area contributed by atoms with Gasteiger partial charge in [0.15, 0.2) is 0 Å². The predicted octanol–water partition coefficient (Wildman–Crippen LogP) is 2.72. The number of carbonyl (C=O) groups is 1. The van der Waals surface area contributed by atoms with Gasteiger partial charge in [0.2, 0.25) is 0 Å². The van der Waals surface area contributed by atoms with Crippen molar-refractivity contribution in [2.24, 2.45) is 0 Å². The van der Waals surface area contributed by atoms with Gasteiger partial charge < -0.3 is 14.4 Å². The molecular weight excluding hydrogens is 301 g/mol. The molecule has 1 fully saturated rings. The molecule has 0 saturated carbocycles. The van der Waals surface area contributed by atoms with E-state index in [-0.39, 0.29) is 5.56 Å². The van der Waals surface area contributed by atoms with Crippen molar-refractivity contribution in [3.63, 3.8) is 0 Å². The second-order valence-electron chi connectivity index (χ2n) is 6.21. The molecule has 1 aliphatic heterocycles. The van der Waals surface area contributed by atoms with Crippen LogP contribution in [-0.2, 0) is 9.31 Å². The molecule has 0 aromatic carbocycles. The van der Waals surface area contributed by atoms with Crippen LogP contribution in [0.5, 0.6) is 0 Å². The number of hydrogen-bond donors (Lipinski definition) is 2. The van der Waals surface area contributed by atoms with Gasteiger partial charge in [-0.3, -0.25) is 4.98 Å². The molecule has 0 aliphatic carbocycles. The molecule has 7 heteroatoms. The number of hydrogen-bond acceptors (Lipinski definition) is 5. The number of aromatic carboxylic acids is 1. The number of aromatic nitrogens is 1. The van der Waals surface area contributed by atoms with Crippen LogP contribution in [0.2, 0.25) is 0 Å². The van der Waals surface area contributed by atoms with Gasteiger partial charge in [-0.15, -0.1) is 0 Å². The standard InChI is InChI=1S/C15H20BNO4S/c1-14(2)15(3,4)21-16(20-14)10(9-22)8-12-11(13(18)19)6-5-7-17-12/h5-8,22H,9H2,1-4H3,(H,18,19). The van der Waals surface area contributed by atoms with E-state index >= 15 is 0 Å². The lowest BCUT2D eigenvalue weighted by Gasteiger charge is -2.32. The Hall–Kier alpha value is -1.31. The zero-order valence-corrected chi connectivity index (χ0v) is 14.1. The maximum atomic E-state index is 11.3. The summed E-state index contributed by atoms with van der Waals surface area (Å²) in [5.74, 6) is -0.640. The minimum absolute atomic E-state index is 0.137. The summed E-state index contributed by atoms with van der Waals surface area (Å²) in [6, 6.07) is 3.11. The van der Waals surface area contributed by atoms with E-state index in [0.29, 0.717) is 11.4 Å². The molecule has 0 radical (unpaired) electrons. The van der Waals surface area contributed by atoms with E-state index in [9.17, 15) is 9.90 Å². The fourth-order valence-corrected chi connectivity index (χ4v) is 2.31. The quantitative estimate of drug-likeness (QED) is 0.659. The Morgan fingerprint density at radius 3 is 2.45 bits per heavy atom. The summed E-state index contributed by atoms with van der Waals surface area (Å²) in [5.41, 5.74) is 0.328. The van der Waals surface area contributed by atoms with Crippen LogP contribution >= 0.6 is 12.6 Å². The van der Waals surface area contributed by atoms with E-state index in [1.807, 2.05) is 27.7 Å². The third kappa shape index (κ3) is 3.21. The first-order valence-corrected chi connectivity index (χ1v) is 7.66. The zero-order chi connectivity index (χ0) is 16.5. The number of pyridine rings is 1. The predicted molar refractivity (Wildman–Crippen MR) is 89.1 cm³/mol. The number of carboxylic acid groups (broad SMARTS) is 1. The number of carboxylic acids is 1. The van der Waals surface area contributed by atoms with Crippen molar-refractivity contribution in [2.75, 3.05) is 5.75 Å². The molecule has 0 bridgehead atoms. The lowest BCUT2D eigenvalue weighted by atomic mass is 9.78. The van der Waals surface area contributed by atoms with Gasteiger partial charge in [-0.2, -0.15) is 12.6 Å². The highest BCUT2D eigenvalue weighted by Gasteiger charge is 2.52. The van der Waals surface area contributed by atoms with Crippen LogP contribution < -0.4 is 0 Å². The first-order chi connectivity index (χ1) is 10.2. The van der Waals surface area contributed by atoms with Gasteiger partial charge in [0.1, 0.15) is 0 Å². The highest BCUT2D eigenvalue weighted by molar-refractivity contribution is 7.80. The average Bonchev–Trinajstić information content (AvgIpc) is 2.64. The summed E-state index contributed by atoms with van der Waals surface area (Å²) < 4.78 is 12.0. The van der Waals surface area contributed by atoms with Crippen LogP contribution in [-0.4, -0.2) is 40.1 Å². The van der Waals surface area contributed by atoms with Crippen LogP contribution in [0, 0.1) is 0 Å². The molecule has 0 spiro atoms. The summed E-state index contributed by atoms with van der Waals surface area (Å²) in [6.07, 6.45) is 3.23. The molecule has 22 heavy (non-hydrogen) atoms. The topological polar surface area (TPSA) is 68.7 Å². The van der Waals surface area contributed by atoms with Crippen molar-refractivity contribution in [2.45, 2.75) is 38.9 Å². The van der Waals surface area contributed by atoms with Crippen LogP contribution in [0.25, 0.3) is 6.08 Å². The summed E-state index contributed by atoms with van der Waals surface area (Å²) >= 11 is 4.32. The zero-order valence-electron chi connectivity index (χ0n) is 13.2. The van der Waals surface area contributed by atoms with Gasteiger partial charge in [-0.25, -0.2) is 4.79 Å². The fraction of sp³-hybridized carbons (Fsp3) is 0.467. The van der Waals surface area contributed by atoms with E-state index in [4.69, 9.17) is 9.31 Å². The number of thiol groups is 1. The minimum Gasteiger partial charge on any atom is -0.478 e. The minimum atomic E-state index is -1.02. The van der Waals surface area contributed by atoms with Gasteiger partial charge >= 0.3 is 13.1 Å². The molecule has 118 valence electrons. The molecule has 2 rings (SSSR count). The highest BCUT2D eigenvalue weighted by atomic mass is 32.1. The normalized spacial score (nSPS) is 20.2. The molecule has 0 atom stereocenters. The van der Waals surface area contributed by atoms with Gasteiger partial charge in [-0.1, -0.05) is 0 Å². The lowest BCUT2D eigenvalue weighted by Crippen LogP contribution is -2.41. The van der Waals surface area contributed by atoms with E-state index < -0.39 is 24.3 Å². The highest BCUT2D eigenvalue weighted by Crippen LogP contribution is 2.39. The maximum Gasteiger partial charge on any atom is 0.491 e. The lowest BCUT2D eigenvalue weighted by molar-refractivity contribution is 0.00578. The Labute approximate surface area is 136 Å². The largest absolute Gasteiger partial charge is 0.491 e. The van der Waals surface area contributed by atoms with Crippen molar-refractivity contribution >= 4 is 31.8 Å². The van der Waals surface area contributed by atoms with Crippen molar-refractivity contribution in [1.82, 2.24) is 4.98 Å². The van der Waals surface area contributed by atoms with Crippen molar-refractivity contribution < 1.29 is 19.2 Å². The molecule has 1 aromatic rings. The van der Waals surface area contributed by atoms with Gasteiger partial charge in [0.05, 0.1) is 22.5 Å². The molecule has 2 heterocycles. The van der Waals surface area contributed by atoms with Crippen LogP contribution in [0.4, 0.5) is 0 Å². The third-order valence-electron chi connectivity index (χ3n) is 4.13. The van der Waals surface area contributed by atoms with Crippen LogP contribution in [0.3, 0.4) is 0 Å². The van der Waals surface area contributed by atoms with Crippen LogP contribution in [0.15, 0.2) is 23.8 Å². The van der Waals surface area contributed by atoms with Gasteiger partial charge in [-0.05, 0) is 51.4 Å². The van der Waals surface area contributed by atoms with Crippen molar-refractivity contribution in [3.05, 3.63) is 35.1 Å². The summed E-state index contributed by atoms with van der Waals surface area (Å²) in [4.78, 5) is 15.4. The molecular formula is C15H20BNO4S. The maximum absolute atomic E-state index is 11.3. The second-order valence-corrected chi connectivity index (χ2v) is 6.52. The van der Waals surface area contributed by atoms with Gasteiger partial charge in [0.25, 0.3) is 0 Å². The Morgan fingerprint density at radius 1 is 1.36 bits per heavy atom. The smallest absolute Gasteiger partial charge is 0.478 e. The number of nitrogens with zero attached hydrogens (tertiary/aromatic N) is 1. The second kappa shape index (κ2) is 6.06. The van der Waals surface area contributed by atoms with E-state index in [1.54, 1.807) is 18.3 Å². The number of rotatable bonds is 4. The molecule has 1 N–H and O–H groups in total. The Balaban J connectivity index is 2.36. The van der Waals surface area contributed by atoms with E-state index in [1.165, 1.54) is 6.07 Å². The molecule has 5 nitrogen and oxygen atoms in total. The fourth-order valence-electron chi connectivity index (χ4n) is 2.07. The molecule has 1 saturated heterocycles. The Bertz CT molecular complexity index is 599. The first kappa shape index (κ1) is 17.1. The molecule has 1 aromatic heterocycles. The molecule has 0 amide bonds. The summed E-state index contributed by atoms with van der Waals surface area (Å²) in [6.45, 7) is 7.86. The first-order valence-electron chi connectivity index (χ1n) is 7.03. The molecule has 0 unspecified atom stereocenters. The van der Waals surface area contributed by atoms with Gasteiger partial charge in [0, 0.05) is 11.9 Å². The average molecular weight is 321 g/mol. The van der Waals surface area contributed by atoms with Crippen molar-refractivity contribution in [1.29, 1.82) is 0 Å². The van der Waals surface area contributed by atoms with E-state index in [0.717, 1.165) is 5.47 Å².